The van der Waals surface area contributed by atoms with Crippen molar-refractivity contribution in [3.63, 3.8) is 0 Å². The second-order valence-electron chi connectivity index (χ2n) is 5.99. The SMILES string of the molecule is CCCCCCCCC=CCCC(=O)Oc1ccc(S(=O)(=O)O)cc1. The first-order valence-electron chi connectivity index (χ1n) is 8.86. The topological polar surface area (TPSA) is 80.7 Å². The molecule has 6 heteroatoms. The van der Waals surface area contributed by atoms with Crippen molar-refractivity contribution < 1.29 is 22.5 Å². The molecule has 0 saturated carbocycles. The first-order chi connectivity index (χ1) is 11.9. The first kappa shape index (κ1) is 21.4. The number of esters is 1. The van der Waals surface area contributed by atoms with Gasteiger partial charge in [-0.25, -0.2) is 0 Å². The van der Waals surface area contributed by atoms with E-state index in [2.05, 4.69) is 13.0 Å². The fourth-order valence-corrected chi connectivity index (χ4v) is 2.82. The first-order valence-corrected chi connectivity index (χ1v) is 10.3. The molecule has 0 aliphatic rings. The molecule has 0 spiro atoms. The van der Waals surface area contributed by atoms with Crippen LogP contribution in [0.5, 0.6) is 5.75 Å². The molecule has 0 saturated heterocycles. The molecule has 0 heterocycles. The van der Waals surface area contributed by atoms with Crippen molar-refractivity contribution in [1.82, 2.24) is 0 Å². The molecule has 1 aromatic carbocycles. The molecule has 0 fully saturated rings. The van der Waals surface area contributed by atoms with E-state index in [4.69, 9.17) is 9.29 Å². The highest BCUT2D eigenvalue weighted by molar-refractivity contribution is 7.85. The van der Waals surface area contributed by atoms with Crippen molar-refractivity contribution in [3.8, 4) is 5.75 Å². The van der Waals surface area contributed by atoms with Gasteiger partial charge in [-0.1, -0.05) is 51.2 Å². The summed E-state index contributed by atoms with van der Waals surface area (Å²) in [6.07, 6.45) is 13.7. The van der Waals surface area contributed by atoms with Gasteiger partial charge in [-0.15, -0.1) is 0 Å². The Bertz CT molecular complexity index is 632. The molecular weight excluding hydrogens is 340 g/mol. The van der Waals surface area contributed by atoms with E-state index >= 15 is 0 Å². The lowest BCUT2D eigenvalue weighted by atomic mass is 10.1. The number of rotatable bonds is 12. The van der Waals surface area contributed by atoms with Gasteiger partial charge < -0.3 is 4.74 Å². The van der Waals surface area contributed by atoms with Gasteiger partial charge in [0.05, 0.1) is 4.90 Å². The molecule has 1 aromatic rings. The van der Waals surface area contributed by atoms with Gasteiger partial charge in [0.2, 0.25) is 0 Å². The predicted molar refractivity (Wildman–Crippen MR) is 98.3 cm³/mol. The van der Waals surface area contributed by atoms with Crippen LogP contribution in [0.4, 0.5) is 0 Å². The zero-order chi connectivity index (χ0) is 18.5. The van der Waals surface area contributed by atoms with Crippen molar-refractivity contribution in [1.29, 1.82) is 0 Å². The Kier molecular flexibility index (Phi) is 10.1. The van der Waals surface area contributed by atoms with Gasteiger partial charge >= 0.3 is 5.97 Å². The van der Waals surface area contributed by atoms with Crippen LogP contribution in [0.1, 0.15) is 64.7 Å². The second-order valence-corrected chi connectivity index (χ2v) is 7.41. The quantitative estimate of drug-likeness (QED) is 0.186. The standard InChI is InChI=1S/C19H28O5S/c1-2-3-4-5-6-7-8-9-10-11-12-19(20)24-17-13-15-18(16-14-17)25(21,22)23/h9-10,13-16H,2-8,11-12H2,1H3,(H,21,22,23). The van der Waals surface area contributed by atoms with Gasteiger partial charge in [-0.2, -0.15) is 8.42 Å². The molecule has 1 rings (SSSR count). The molecule has 0 aliphatic carbocycles. The van der Waals surface area contributed by atoms with Crippen LogP contribution in [0.2, 0.25) is 0 Å². The van der Waals surface area contributed by atoms with Gasteiger partial charge in [0, 0.05) is 6.42 Å². The predicted octanol–water partition coefficient (Wildman–Crippen LogP) is 4.93. The van der Waals surface area contributed by atoms with E-state index < -0.39 is 10.1 Å². The number of allylic oxidation sites excluding steroid dienone is 2. The maximum atomic E-state index is 11.7. The van der Waals surface area contributed by atoms with Crippen LogP contribution in [0.15, 0.2) is 41.3 Å². The number of carbonyl (C=O) groups excluding carboxylic acids is 1. The van der Waals surface area contributed by atoms with Crippen molar-refractivity contribution in [2.24, 2.45) is 0 Å². The van der Waals surface area contributed by atoms with Crippen LogP contribution in [-0.4, -0.2) is 18.9 Å². The van der Waals surface area contributed by atoms with E-state index in [0.29, 0.717) is 6.42 Å². The van der Waals surface area contributed by atoms with Gasteiger partial charge in [0.15, 0.2) is 0 Å². The van der Waals surface area contributed by atoms with E-state index in [1.165, 1.54) is 62.8 Å². The maximum absolute atomic E-state index is 11.7. The lowest BCUT2D eigenvalue weighted by molar-refractivity contribution is -0.134. The summed E-state index contributed by atoms with van der Waals surface area (Å²) in [5.41, 5.74) is 0. The lowest BCUT2D eigenvalue weighted by Crippen LogP contribution is -2.07. The lowest BCUT2D eigenvalue weighted by Gasteiger charge is -2.04. The third-order valence-corrected chi connectivity index (χ3v) is 4.63. The average Bonchev–Trinajstić information content (AvgIpc) is 2.56. The highest BCUT2D eigenvalue weighted by atomic mass is 32.2. The summed E-state index contributed by atoms with van der Waals surface area (Å²) >= 11 is 0. The minimum absolute atomic E-state index is 0.232. The van der Waals surface area contributed by atoms with Crippen LogP contribution < -0.4 is 4.74 Å². The molecule has 0 aliphatic heterocycles. The smallest absolute Gasteiger partial charge is 0.311 e. The molecular formula is C19H28O5S. The Morgan fingerprint density at radius 3 is 2.24 bits per heavy atom. The van der Waals surface area contributed by atoms with Gasteiger partial charge in [0.25, 0.3) is 10.1 Å². The van der Waals surface area contributed by atoms with E-state index in [-0.39, 0.29) is 23.0 Å². The molecule has 1 N–H and O–H groups in total. The van der Waals surface area contributed by atoms with E-state index in [1.807, 2.05) is 6.08 Å². The van der Waals surface area contributed by atoms with Crippen LogP contribution in [0.25, 0.3) is 0 Å². The van der Waals surface area contributed by atoms with Gasteiger partial charge in [0.1, 0.15) is 5.75 Å². The molecule has 0 amide bonds. The Balaban J connectivity index is 2.17. The van der Waals surface area contributed by atoms with E-state index in [1.54, 1.807) is 0 Å². The summed E-state index contributed by atoms with van der Waals surface area (Å²) in [7, 11) is -4.23. The number of unbranched alkanes of at least 4 members (excludes halogenated alkanes) is 6. The number of ether oxygens (including phenoxy) is 1. The van der Waals surface area contributed by atoms with E-state index in [9.17, 15) is 13.2 Å². The Morgan fingerprint density at radius 1 is 1.00 bits per heavy atom. The highest BCUT2D eigenvalue weighted by Gasteiger charge is 2.10. The van der Waals surface area contributed by atoms with Crippen LogP contribution in [0.3, 0.4) is 0 Å². The van der Waals surface area contributed by atoms with Crippen LogP contribution >= 0.6 is 0 Å². The summed E-state index contributed by atoms with van der Waals surface area (Å²) < 4.78 is 35.8. The third-order valence-electron chi connectivity index (χ3n) is 3.76. The molecule has 0 atom stereocenters. The summed E-state index contributed by atoms with van der Waals surface area (Å²) in [4.78, 5) is 11.5. The fraction of sp³-hybridized carbons (Fsp3) is 0.526. The third kappa shape index (κ3) is 10.0. The monoisotopic (exact) mass is 368 g/mol. The van der Waals surface area contributed by atoms with Crippen molar-refractivity contribution in [2.75, 3.05) is 0 Å². The Hall–Kier alpha value is -1.66. The molecule has 140 valence electrons. The minimum atomic E-state index is -4.23. The largest absolute Gasteiger partial charge is 0.427 e. The van der Waals surface area contributed by atoms with Crippen LogP contribution in [-0.2, 0) is 14.9 Å². The summed E-state index contributed by atoms with van der Waals surface area (Å²) in [6, 6.07) is 5.07. The van der Waals surface area contributed by atoms with Gasteiger partial charge in [-0.05, 0) is 43.5 Å². The number of benzene rings is 1. The van der Waals surface area contributed by atoms with Crippen molar-refractivity contribution >= 4 is 16.1 Å². The fourth-order valence-electron chi connectivity index (χ4n) is 2.34. The Morgan fingerprint density at radius 2 is 1.60 bits per heavy atom. The molecule has 0 aromatic heterocycles. The summed E-state index contributed by atoms with van der Waals surface area (Å²) in [5.74, 6) is -0.114. The zero-order valence-electron chi connectivity index (χ0n) is 14.8. The number of hydrogen-bond donors (Lipinski definition) is 1. The summed E-state index contributed by atoms with van der Waals surface area (Å²) in [6.45, 7) is 2.21. The summed E-state index contributed by atoms with van der Waals surface area (Å²) in [5, 5.41) is 0. The Labute approximate surface area is 150 Å². The molecule has 0 unspecified atom stereocenters. The number of carbonyl (C=O) groups is 1. The van der Waals surface area contributed by atoms with E-state index in [0.717, 1.165) is 6.42 Å². The zero-order valence-corrected chi connectivity index (χ0v) is 15.6. The van der Waals surface area contributed by atoms with Crippen molar-refractivity contribution in [2.45, 2.75) is 69.6 Å². The highest BCUT2D eigenvalue weighted by Crippen LogP contribution is 2.16. The van der Waals surface area contributed by atoms with Gasteiger partial charge in [-0.3, -0.25) is 9.35 Å². The second kappa shape index (κ2) is 11.8. The normalized spacial score (nSPS) is 11.8. The minimum Gasteiger partial charge on any atom is -0.427 e. The number of hydrogen-bond acceptors (Lipinski definition) is 4. The molecule has 0 bridgehead atoms. The van der Waals surface area contributed by atoms with Crippen molar-refractivity contribution in [3.05, 3.63) is 36.4 Å². The van der Waals surface area contributed by atoms with Crippen LogP contribution in [0, 0.1) is 0 Å². The average molecular weight is 368 g/mol. The molecule has 5 nitrogen and oxygen atoms in total. The molecule has 25 heavy (non-hydrogen) atoms. The maximum Gasteiger partial charge on any atom is 0.311 e. The molecule has 0 radical (unpaired) electrons.